The summed E-state index contributed by atoms with van der Waals surface area (Å²) in [7, 11) is 0. The molecule has 0 amide bonds. The molecule has 0 radical (unpaired) electrons. The fraction of sp³-hybridized carbons (Fsp3) is 0.692. The summed E-state index contributed by atoms with van der Waals surface area (Å²) in [6, 6.07) is 2.10. The monoisotopic (exact) mass is 333 g/mol. The van der Waals surface area contributed by atoms with Crippen LogP contribution >= 0.6 is 27.3 Å². The number of ether oxygens (including phenoxy) is 2. The van der Waals surface area contributed by atoms with Gasteiger partial charge in [0.25, 0.3) is 0 Å². The van der Waals surface area contributed by atoms with E-state index in [1.54, 1.807) is 11.3 Å². The number of hydrogen-bond donors (Lipinski definition) is 1. The quantitative estimate of drug-likeness (QED) is 0.900. The number of hydrogen-bond acceptors (Lipinski definition) is 4. The second-order valence-electron chi connectivity index (χ2n) is 4.61. The van der Waals surface area contributed by atoms with E-state index in [1.807, 2.05) is 6.92 Å². The lowest BCUT2D eigenvalue weighted by Gasteiger charge is -2.41. The topological polar surface area (TPSA) is 44.5 Å². The molecule has 1 aliphatic heterocycles. The zero-order valence-electron chi connectivity index (χ0n) is 10.7. The molecular formula is C13H20BrNO2S. The fourth-order valence-electron chi connectivity index (χ4n) is 2.48. The fourth-order valence-corrected chi connectivity index (χ4v) is 4.06. The van der Waals surface area contributed by atoms with Gasteiger partial charge in [0.15, 0.2) is 0 Å². The maximum Gasteiger partial charge on any atom is 0.0879 e. The molecule has 1 aromatic heterocycles. The summed E-state index contributed by atoms with van der Waals surface area (Å²) in [5, 5.41) is 2.09. The minimum absolute atomic E-state index is 0.0244. The number of rotatable bonds is 5. The van der Waals surface area contributed by atoms with Gasteiger partial charge in [0.1, 0.15) is 0 Å². The molecule has 0 spiro atoms. The summed E-state index contributed by atoms with van der Waals surface area (Å²) in [5.41, 5.74) is 6.22. The van der Waals surface area contributed by atoms with Crippen molar-refractivity contribution in [3.8, 4) is 0 Å². The molecule has 1 aliphatic rings. The van der Waals surface area contributed by atoms with Gasteiger partial charge in [-0.3, -0.25) is 0 Å². The lowest BCUT2D eigenvalue weighted by molar-refractivity contribution is -0.120. The van der Waals surface area contributed by atoms with Gasteiger partial charge >= 0.3 is 0 Å². The smallest absolute Gasteiger partial charge is 0.0879 e. The summed E-state index contributed by atoms with van der Waals surface area (Å²) in [6.07, 6.45) is 2.65. The van der Waals surface area contributed by atoms with E-state index in [-0.39, 0.29) is 11.6 Å². The second kappa shape index (κ2) is 6.48. The Hall–Kier alpha value is 0.0600. The average molecular weight is 334 g/mol. The molecule has 1 fully saturated rings. The van der Waals surface area contributed by atoms with Gasteiger partial charge in [-0.15, -0.1) is 11.3 Å². The SMILES string of the molecule is CCOC1(C(N)Cc2sccc2Br)CCOCC1. The Morgan fingerprint density at radius 1 is 1.56 bits per heavy atom. The Labute approximate surface area is 121 Å². The van der Waals surface area contributed by atoms with Gasteiger partial charge in [0.2, 0.25) is 0 Å². The van der Waals surface area contributed by atoms with Crippen LogP contribution in [0.1, 0.15) is 24.6 Å². The van der Waals surface area contributed by atoms with E-state index in [9.17, 15) is 0 Å². The minimum atomic E-state index is -0.212. The van der Waals surface area contributed by atoms with Gasteiger partial charge < -0.3 is 15.2 Å². The van der Waals surface area contributed by atoms with Gasteiger partial charge in [-0.05, 0) is 34.3 Å². The first-order chi connectivity index (χ1) is 8.68. The van der Waals surface area contributed by atoms with Crippen molar-refractivity contribution in [2.45, 2.75) is 37.8 Å². The van der Waals surface area contributed by atoms with Crippen LogP contribution in [-0.4, -0.2) is 31.5 Å². The molecule has 1 saturated heterocycles. The third kappa shape index (κ3) is 3.14. The first-order valence-corrected chi connectivity index (χ1v) is 8.04. The van der Waals surface area contributed by atoms with E-state index in [0.717, 1.165) is 36.9 Å². The predicted molar refractivity (Wildman–Crippen MR) is 78.1 cm³/mol. The van der Waals surface area contributed by atoms with Crippen LogP contribution < -0.4 is 5.73 Å². The Morgan fingerprint density at radius 2 is 2.28 bits per heavy atom. The third-order valence-corrected chi connectivity index (χ3v) is 5.49. The molecule has 102 valence electrons. The van der Waals surface area contributed by atoms with Crippen molar-refractivity contribution in [3.63, 3.8) is 0 Å². The highest BCUT2D eigenvalue weighted by Gasteiger charge is 2.39. The van der Waals surface area contributed by atoms with Crippen LogP contribution in [0.2, 0.25) is 0 Å². The normalized spacial score (nSPS) is 20.8. The van der Waals surface area contributed by atoms with Crippen molar-refractivity contribution in [3.05, 3.63) is 20.8 Å². The van der Waals surface area contributed by atoms with Gasteiger partial charge in [-0.1, -0.05) is 0 Å². The van der Waals surface area contributed by atoms with Crippen molar-refractivity contribution in [2.24, 2.45) is 5.73 Å². The second-order valence-corrected chi connectivity index (χ2v) is 6.47. The summed E-state index contributed by atoms with van der Waals surface area (Å²) >= 11 is 5.31. The van der Waals surface area contributed by atoms with E-state index >= 15 is 0 Å². The van der Waals surface area contributed by atoms with Crippen LogP contribution in [0.3, 0.4) is 0 Å². The molecule has 18 heavy (non-hydrogen) atoms. The molecule has 0 saturated carbocycles. The van der Waals surface area contributed by atoms with Crippen LogP contribution in [-0.2, 0) is 15.9 Å². The molecule has 3 nitrogen and oxygen atoms in total. The Balaban J connectivity index is 2.08. The van der Waals surface area contributed by atoms with Crippen molar-refractivity contribution in [2.75, 3.05) is 19.8 Å². The first kappa shape index (κ1) is 14.5. The van der Waals surface area contributed by atoms with Crippen LogP contribution in [0.25, 0.3) is 0 Å². The van der Waals surface area contributed by atoms with E-state index < -0.39 is 0 Å². The average Bonchev–Trinajstić information content (AvgIpc) is 2.76. The summed E-state index contributed by atoms with van der Waals surface area (Å²) in [6.45, 7) is 4.24. The largest absolute Gasteiger partial charge is 0.381 e. The Morgan fingerprint density at radius 3 is 2.83 bits per heavy atom. The molecule has 2 rings (SSSR count). The molecule has 2 N–H and O–H groups in total. The number of thiophene rings is 1. The zero-order chi connectivity index (χ0) is 13.0. The molecule has 0 aromatic carbocycles. The summed E-state index contributed by atoms with van der Waals surface area (Å²) in [4.78, 5) is 1.30. The molecule has 0 aliphatic carbocycles. The number of halogens is 1. The maximum atomic E-state index is 6.43. The van der Waals surface area contributed by atoms with E-state index in [0.29, 0.717) is 6.61 Å². The van der Waals surface area contributed by atoms with E-state index in [1.165, 1.54) is 4.88 Å². The van der Waals surface area contributed by atoms with Gasteiger partial charge in [0.05, 0.1) is 5.60 Å². The molecule has 1 unspecified atom stereocenters. The maximum absolute atomic E-state index is 6.43. The molecule has 1 aromatic rings. The molecule has 2 heterocycles. The molecule has 5 heteroatoms. The van der Waals surface area contributed by atoms with Crippen molar-refractivity contribution in [1.82, 2.24) is 0 Å². The zero-order valence-corrected chi connectivity index (χ0v) is 13.1. The Bertz CT molecular complexity index is 371. The molecular weight excluding hydrogens is 314 g/mol. The highest BCUT2D eigenvalue weighted by atomic mass is 79.9. The van der Waals surface area contributed by atoms with Crippen molar-refractivity contribution >= 4 is 27.3 Å². The highest BCUT2D eigenvalue weighted by molar-refractivity contribution is 9.10. The van der Waals surface area contributed by atoms with Crippen LogP contribution in [0.5, 0.6) is 0 Å². The molecule has 0 bridgehead atoms. The van der Waals surface area contributed by atoms with Crippen LogP contribution in [0.15, 0.2) is 15.9 Å². The van der Waals surface area contributed by atoms with Crippen molar-refractivity contribution in [1.29, 1.82) is 0 Å². The third-order valence-electron chi connectivity index (χ3n) is 3.54. The lowest BCUT2D eigenvalue weighted by atomic mass is 9.84. The van der Waals surface area contributed by atoms with Crippen LogP contribution in [0, 0.1) is 0 Å². The van der Waals surface area contributed by atoms with Gasteiger partial charge in [-0.25, -0.2) is 0 Å². The summed E-state index contributed by atoms with van der Waals surface area (Å²) < 4.78 is 12.6. The lowest BCUT2D eigenvalue weighted by Crippen LogP contribution is -2.54. The van der Waals surface area contributed by atoms with E-state index in [4.69, 9.17) is 15.2 Å². The van der Waals surface area contributed by atoms with Crippen molar-refractivity contribution < 1.29 is 9.47 Å². The highest BCUT2D eigenvalue weighted by Crippen LogP contribution is 2.32. The standard InChI is InChI=1S/C13H20BrNO2S/c1-2-17-13(4-6-16-7-5-13)12(15)9-11-10(14)3-8-18-11/h3,8,12H,2,4-7,9,15H2,1H3. The molecule has 1 atom stereocenters. The van der Waals surface area contributed by atoms with Gasteiger partial charge in [-0.2, -0.15) is 0 Å². The van der Waals surface area contributed by atoms with Crippen LogP contribution in [0.4, 0.5) is 0 Å². The van der Waals surface area contributed by atoms with Gasteiger partial charge in [0, 0.05) is 54.5 Å². The Kier molecular flexibility index (Phi) is 5.21. The first-order valence-electron chi connectivity index (χ1n) is 6.37. The number of nitrogens with two attached hydrogens (primary N) is 1. The van der Waals surface area contributed by atoms with E-state index in [2.05, 4.69) is 27.4 Å². The minimum Gasteiger partial charge on any atom is -0.381 e. The summed E-state index contributed by atoms with van der Waals surface area (Å²) in [5.74, 6) is 0. The predicted octanol–water partition coefficient (Wildman–Crippen LogP) is 2.97.